The van der Waals surface area contributed by atoms with Crippen LogP contribution in [0.5, 0.6) is 0 Å². The zero-order valence-electron chi connectivity index (χ0n) is 10.7. The molecule has 2 rings (SSSR count). The predicted octanol–water partition coefficient (Wildman–Crippen LogP) is 3.90. The molecule has 0 N–H and O–H groups in total. The summed E-state index contributed by atoms with van der Waals surface area (Å²) in [5.41, 5.74) is 2.94. The highest BCUT2D eigenvalue weighted by molar-refractivity contribution is 5.91. The normalized spacial score (nSPS) is 38.9. The molecule has 88 valence electrons. The van der Waals surface area contributed by atoms with E-state index in [0.29, 0.717) is 23.0 Å². The molecule has 16 heavy (non-hydrogen) atoms. The van der Waals surface area contributed by atoms with Crippen LogP contribution in [0.4, 0.5) is 0 Å². The van der Waals surface area contributed by atoms with E-state index in [-0.39, 0.29) is 0 Å². The highest BCUT2D eigenvalue weighted by Crippen LogP contribution is 2.55. The van der Waals surface area contributed by atoms with E-state index in [1.807, 2.05) is 6.08 Å². The Hall–Kier alpha value is -0.850. The summed E-state index contributed by atoms with van der Waals surface area (Å²) in [6.45, 7) is 10.6. The van der Waals surface area contributed by atoms with Crippen LogP contribution in [-0.2, 0) is 4.79 Å². The van der Waals surface area contributed by atoms with E-state index in [9.17, 15) is 4.79 Å². The summed E-state index contributed by atoms with van der Waals surface area (Å²) < 4.78 is 0. The second-order valence-corrected chi connectivity index (χ2v) is 5.84. The Labute approximate surface area is 98.6 Å². The minimum absolute atomic E-state index is 0.303. The van der Waals surface area contributed by atoms with Crippen molar-refractivity contribution in [1.82, 2.24) is 0 Å². The molecule has 2 aliphatic rings. The molecule has 1 heteroatoms. The maximum atomic E-state index is 11.5. The van der Waals surface area contributed by atoms with Gasteiger partial charge >= 0.3 is 0 Å². The number of hydrogen-bond acceptors (Lipinski definition) is 1. The Bertz CT molecular complexity index is 364. The van der Waals surface area contributed by atoms with Gasteiger partial charge in [0.15, 0.2) is 5.78 Å². The van der Waals surface area contributed by atoms with Crippen LogP contribution in [-0.4, -0.2) is 5.78 Å². The minimum atomic E-state index is 0.303. The molecule has 0 unspecified atom stereocenters. The van der Waals surface area contributed by atoms with Crippen molar-refractivity contribution in [3.63, 3.8) is 0 Å². The summed E-state index contributed by atoms with van der Waals surface area (Å²) >= 11 is 0. The van der Waals surface area contributed by atoms with E-state index in [2.05, 4.69) is 27.4 Å². The van der Waals surface area contributed by atoms with Crippen molar-refractivity contribution < 1.29 is 4.79 Å². The molecule has 0 aromatic carbocycles. The smallest absolute Gasteiger partial charge is 0.155 e. The Kier molecular flexibility index (Phi) is 2.81. The average Bonchev–Trinajstić information content (AvgIpc) is 2.60. The lowest BCUT2D eigenvalue weighted by Gasteiger charge is -2.39. The number of ketones is 1. The molecule has 0 aromatic heterocycles. The summed E-state index contributed by atoms with van der Waals surface area (Å²) in [6.07, 6.45) is 6.32. The third-order valence-corrected chi connectivity index (χ3v) is 4.86. The second-order valence-electron chi connectivity index (χ2n) is 5.84. The number of hydrogen-bond donors (Lipinski definition) is 0. The molecule has 0 heterocycles. The molecular weight excluding hydrogens is 196 g/mol. The van der Waals surface area contributed by atoms with Crippen molar-refractivity contribution in [1.29, 1.82) is 0 Å². The van der Waals surface area contributed by atoms with E-state index in [1.54, 1.807) is 0 Å². The van der Waals surface area contributed by atoms with Crippen LogP contribution in [0.3, 0.4) is 0 Å². The first kappa shape index (κ1) is 11.6. The molecule has 3 atom stereocenters. The van der Waals surface area contributed by atoms with Crippen LogP contribution in [0, 0.1) is 17.3 Å². The van der Waals surface area contributed by atoms with E-state index < -0.39 is 0 Å². The van der Waals surface area contributed by atoms with Crippen LogP contribution in [0.15, 0.2) is 23.8 Å². The van der Waals surface area contributed by atoms with Crippen molar-refractivity contribution in [2.45, 2.75) is 46.5 Å². The Morgan fingerprint density at radius 2 is 2.25 bits per heavy atom. The largest absolute Gasteiger partial charge is 0.295 e. The van der Waals surface area contributed by atoms with E-state index in [4.69, 9.17) is 0 Å². The van der Waals surface area contributed by atoms with Crippen LogP contribution < -0.4 is 0 Å². The number of carbonyl (C=O) groups is 1. The molecule has 1 nitrogen and oxygen atoms in total. The first-order valence-electron chi connectivity index (χ1n) is 6.33. The SMILES string of the molecule is C=C(C)[C@H]1CC[C@]2(C1)C(C)=CC(=O)C[C@H]2C. The summed E-state index contributed by atoms with van der Waals surface area (Å²) in [4.78, 5) is 11.5. The fraction of sp³-hybridized carbons (Fsp3) is 0.667. The Morgan fingerprint density at radius 1 is 1.56 bits per heavy atom. The lowest BCUT2D eigenvalue weighted by molar-refractivity contribution is -0.117. The summed E-state index contributed by atoms with van der Waals surface area (Å²) in [5, 5.41) is 0. The molecular formula is C15H22O. The Balaban J connectivity index is 2.29. The Morgan fingerprint density at radius 3 is 2.75 bits per heavy atom. The quantitative estimate of drug-likeness (QED) is 0.610. The highest BCUT2D eigenvalue weighted by Gasteiger charge is 2.46. The molecule has 0 aliphatic heterocycles. The molecule has 1 saturated carbocycles. The van der Waals surface area contributed by atoms with Gasteiger partial charge in [0.2, 0.25) is 0 Å². The van der Waals surface area contributed by atoms with Crippen LogP contribution in [0.2, 0.25) is 0 Å². The van der Waals surface area contributed by atoms with Crippen LogP contribution in [0.1, 0.15) is 46.5 Å². The fourth-order valence-corrected chi connectivity index (χ4v) is 3.63. The third-order valence-electron chi connectivity index (χ3n) is 4.86. The number of carbonyl (C=O) groups excluding carboxylic acids is 1. The standard InChI is InChI=1S/C15H22O/c1-10(2)13-5-6-15(9-13)11(3)7-14(16)8-12(15)4/h7,12-13H,1,5-6,8-9H2,2-4H3/t12-,13+,15+/m1/s1. The van der Waals surface area contributed by atoms with E-state index >= 15 is 0 Å². The molecule has 0 aromatic rings. The summed E-state index contributed by atoms with van der Waals surface area (Å²) in [7, 11) is 0. The third kappa shape index (κ3) is 1.66. The van der Waals surface area contributed by atoms with Gasteiger partial charge in [-0.3, -0.25) is 4.79 Å². The predicted molar refractivity (Wildman–Crippen MR) is 67.1 cm³/mol. The maximum absolute atomic E-state index is 11.5. The second kappa shape index (κ2) is 3.87. The van der Waals surface area contributed by atoms with Crippen LogP contribution >= 0.6 is 0 Å². The topological polar surface area (TPSA) is 17.1 Å². The van der Waals surface area contributed by atoms with Gasteiger partial charge in [-0.15, -0.1) is 0 Å². The van der Waals surface area contributed by atoms with Gasteiger partial charge in [-0.2, -0.15) is 0 Å². The summed E-state index contributed by atoms with van der Waals surface area (Å²) in [5.74, 6) is 1.49. The van der Waals surface area contributed by atoms with E-state index in [1.165, 1.54) is 30.4 Å². The lowest BCUT2D eigenvalue weighted by Crippen LogP contribution is -2.33. The van der Waals surface area contributed by atoms with Crippen molar-refractivity contribution in [3.8, 4) is 0 Å². The van der Waals surface area contributed by atoms with Crippen molar-refractivity contribution in [2.24, 2.45) is 17.3 Å². The van der Waals surface area contributed by atoms with E-state index in [0.717, 1.165) is 6.42 Å². The van der Waals surface area contributed by atoms with Gasteiger partial charge in [0.05, 0.1) is 0 Å². The van der Waals surface area contributed by atoms with Crippen molar-refractivity contribution >= 4 is 5.78 Å². The van der Waals surface area contributed by atoms with Gasteiger partial charge in [0, 0.05) is 6.42 Å². The molecule has 2 aliphatic carbocycles. The molecule has 0 saturated heterocycles. The van der Waals surface area contributed by atoms with Gasteiger partial charge < -0.3 is 0 Å². The molecule has 0 bridgehead atoms. The monoisotopic (exact) mass is 218 g/mol. The number of rotatable bonds is 1. The van der Waals surface area contributed by atoms with Crippen molar-refractivity contribution in [3.05, 3.63) is 23.8 Å². The first-order valence-corrected chi connectivity index (χ1v) is 6.33. The molecule has 1 fully saturated rings. The zero-order valence-corrected chi connectivity index (χ0v) is 10.7. The fourth-order valence-electron chi connectivity index (χ4n) is 3.63. The van der Waals surface area contributed by atoms with Crippen molar-refractivity contribution in [2.75, 3.05) is 0 Å². The maximum Gasteiger partial charge on any atom is 0.155 e. The van der Waals surface area contributed by atoms with Gasteiger partial charge in [-0.1, -0.05) is 24.6 Å². The molecule has 0 radical (unpaired) electrons. The zero-order chi connectivity index (χ0) is 11.9. The lowest BCUT2D eigenvalue weighted by atomic mass is 9.64. The first-order chi connectivity index (χ1) is 7.45. The molecule has 0 amide bonds. The van der Waals surface area contributed by atoms with Crippen LogP contribution in [0.25, 0.3) is 0 Å². The highest BCUT2D eigenvalue weighted by atomic mass is 16.1. The van der Waals surface area contributed by atoms with Gasteiger partial charge in [-0.05, 0) is 56.4 Å². The van der Waals surface area contributed by atoms with Gasteiger partial charge in [-0.25, -0.2) is 0 Å². The number of allylic oxidation sites excluding steroid dienone is 3. The minimum Gasteiger partial charge on any atom is -0.295 e. The average molecular weight is 218 g/mol. The summed E-state index contributed by atoms with van der Waals surface area (Å²) in [6, 6.07) is 0. The van der Waals surface area contributed by atoms with Gasteiger partial charge in [0.25, 0.3) is 0 Å². The molecule has 1 spiro atoms. The van der Waals surface area contributed by atoms with Gasteiger partial charge in [0.1, 0.15) is 0 Å².